The summed E-state index contributed by atoms with van der Waals surface area (Å²) in [6.45, 7) is 4.68. The third-order valence-electron chi connectivity index (χ3n) is 4.42. The van der Waals surface area contributed by atoms with Crippen molar-refractivity contribution in [1.82, 2.24) is 14.8 Å². The van der Waals surface area contributed by atoms with Crippen LogP contribution in [0.2, 0.25) is 0 Å². The number of carbonyl (C=O) groups excluding carboxylic acids is 2. The summed E-state index contributed by atoms with van der Waals surface area (Å²) in [5, 5.41) is 3.58. The molecule has 0 aliphatic carbocycles. The van der Waals surface area contributed by atoms with E-state index in [1.807, 2.05) is 6.92 Å². The smallest absolute Gasteiger partial charge is 0.321 e. The second-order valence-corrected chi connectivity index (χ2v) is 7.99. The van der Waals surface area contributed by atoms with Crippen LogP contribution in [0.25, 0.3) is 0 Å². The molecule has 1 aromatic heterocycles. The van der Waals surface area contributed by atoms with Crippen LogP contribution in [0.15, 0.2) is 9.42 Å². The molecule has 1 amide bonds. The molecule has 1 saturated heterocycles. The molecule has 1 fully saturated rings. The Morgan fingerprint density at radius 3 is 2.69 bits per heavy atom. The predicted molar refractivity (Wildman–Crippen MR) is 91.8 cm³/mol. The van der Waals surface area contributed by atoms with Crippen molar-refractivity contribution in [3.63, 3.8) is 0 Å². The topological polar surface area (TPSA) is 119 Å². The summed E-state index contributed by atoms with van der Waals surface area (Å²) >= 11 is 0. The minimum Gasteiger partial charge on any atom is -0.455 e. The molecule has 0 bridgehead atoms. The maximum atomic E-state index is 12.2. The highest BCUT2D eigenvalue weighted by Gasteiger charge is 2.27. The minimum absolute atomic E-state index is 0.0968. The van der Waals surface area contributed by atoms with Crippen LogP contribution in [-0.4, -0.2) is 56.1 Å². The van der Waals surface area contributed by atoms with E-state index in [0.29, 0.717) is 6.54 Å². The van der Waals surface area contributed by atoms with Gasteiger partial charge in [-0.3, -0.25) is 9.59 Å². The summed E-state index contributed by atoms with van der Waals surface area (Å²) in [7, 11) is -3.95. The number of aromatic nitrogens is 1. The van der Waals surface area contributed by atoms with Gasteiger partial charge in [0.05, 0.1) is 0 Å². The second kappa shape index (κ2) is 8.63. The van der Waals surface area contributed by atoms with Crippen molar-refractivity contribution in [2.45, 2.75) is 57.4 Å². The molecule has 0 radical (unpaired) electrons. The SMILES string of the molecule is CC[C@H]1CCCCN1C(=O)COC(=O)CNS(=O)(=O)c1c(C)noc1C. The number of hydrogen-bond acceptors (Lipinski definition) is 7. The van der Waals surface area contributed by atoms with Gasteiger partial charge in [-0.1, -0.05) is 12.1 Å². The Morgan fingerprint density at radius 1 is 1.35 bits per heavy atom. The summed E-state index contributed by atoms with van der Waals surface area (Å²) in [4.78, 5) is 25.7. The molecule has 2 heterocycles. The highest BCUT2D eigenvalue weighted by molar-refractivity contribution is 7.89. The van der Waals surface area contributed by atoms with Crippen molar-refractivity contribution in [1.29, 1.82) is 0 Å². The van der Waals surface area contributed by atoms with E-state index in [1.54, 1.807) is 4.90 Å². The second-order valence-electron chi connectivity index (χ2n) is 6.28. The zero-order chi connectivity index (χ0) is 19.3. The van der Waals surface area contributed by atoms with Crippen LogP contribution in [0.1, 0.15) is 44.1 Å². The molecule has 1 N–H and O–H groups in total. The molecule has 1 aromatic rings. The fourth-order valence-electron chi connectivity index (χ4n) is 3.11. The molecule has 1 atom stereocenters. The first kappa shape index (κ1) is 20.4. The molecule has 26 heavy (non-hydrogen) atoms. The van der Waals surface area contributed by atoms with Crippen molar-refractivity contribution in [3.05, 3.63) is 11.5 Å². The first-order valence-electron chi connectivity index (χ1n) is 8.64. The maximum Gasteiger partial charge on any atom is 0.321 e. The lowest BCUT2D eigenvalue weighted by atomic mass is 10.00. The van der Waals surface area contributed by atoms with Gasteiger partial charge in [-0.25, -0.2) is 8.42 Å². The molecule has 1 aliphatic heterocycles. The van der Waals surface area contributed by atoms with E-state index < -0.39 is 22.5 Å². The van der Waals surface area contributed by atoms with E-state index in [1.165, 1.54) is 13.8 Å². The normalized spacial score (nSPS) is 18.0. The average molecular weight is 387 g/mol. The largest absolute Gasteiger partial charge is 0.455 e. The number of sulfonamides is 1. The van der Waals surface area contributed by atoms with Gasteiger partial charge in [0.25, 0.3) is 5.91 Å². The van der Waals surface area contributed by atoms with E-state index in [9.17, 15) is 18.0 Å². The number of rotatable bonds is 7. The predicted octanol–water partition coefficient (Wildman–Crippen LogP) is 0.904. The molecular formula is C16H25N3O6S. The number of hydrogen-bond donors (Lipinski definition) is 1. The molecule has 0 spiro atoms. The van der Waals surface area contributed by atoms with E-state index in [0.717, 1.165) is 25.7 Å². The number of esters is 1. The summed E-state index contributed by atoms with van der Waals surface area (Å²) in [5.41, 5.74) is 0.203. The van der Waals surface area contributed by atoms with Crippen LogP contribution >= 0.6 is 0 Å². The molecule has 2 rings (SSSR count). The van der Waals surface area contributed by atoms with Gasteiger partial charge in [-0.2, -0.15) is 4.72 Å². The first-order valence-corrected chi connectivity index (χ1v) is 10.1. The molecule has 0 aromatic carbocycles. The van der Waals surface area contributed by atoms with Gasteiger partial charge in [-0.15, -0.1) is 0 Å². The van der Waals surface area contributed by atoms with E-state index in [-0.39, 0.29) is 34.9 Å². The van der Waals surface area contributed by atoms with Crippen LogP contribution in [-0.2, 0) is 24.3 Å². The van der Waals surface area contributed by atoms with E-state index in [4.69, 9.17) is 9.26 Å². The van der Waals surface area contributed by atoms with E-state index >= 15 is 0 Å². The highest BCUT2D eigenvalue weighted by Crippen LogP contribution is 2.20. The van der Waals surface area contributed by atoms with Gasteiger partial charge in [0, 0.05) is 12.6 Å². The molecule has 9 nitrogen and oxygen atoms in total. The summed E-state index contributed by atoms with van der Waals surface area (Å²) in [6.07, 6.45) is 3.84. The quantitative estimate of drug-likeness (QED) is 0.691. The molecular weight excluding hydrogens is 362 g/mol. The van der Waals surface area contributed by atoms with Crippen molar-refractivity contribution in [2.24, 2.45) is 0 Å². The Hall–Kier alpha value is -1.94. The third-order valence-corrected chi connectivity index (χ3v) is 6.06. The monoisotopic (exact) mass is 387 g/mol. The fraction of sp³-hybridized carbons (Fsp3) is 0.688. The number of piperidine rings is 1. The number of amides is 1. The van der Waals surface area contributed by atoms with Gasteiger partial charge in [0.15, 0.2) is 12.4 Å². The number of likely N-dealkylation sites (tertiary alicyclic amines) is 1. The Balaban J connectivity index is 1.84. The van der Waals surface area contributed by atoms with Crippen LogP contribution in [0, 0.1) is 13.8 Å². The number of carbonyl (C=O) groups is 2. The lowest BCUT2D eigenvalue weighted by Crippen LogP contribution is -2.45. The number of ether oxygens (including phenoxy) is 1. The van der Waals surface area contributed by atoms with Gasteiger partial charge >= 0.3 is 5.97 Å². The number of nitrogens with one attached hydrogen (secondary N) is 1. The Morgan fingerprint density at radius 2 is 2.08 bits per heavy atom. The van der Waals surface area contributed by atoms with Crippen LogP contribution in [0.4, 0.5) is 0 Å². The Labute approximate surface area is 153 Å². The zero-order valence-electron chi connectivity index (χ0n) is 15.3. The van der Waals surface area contributed by atoms with Crippen LogP contribution in [0.3, 0.4) is 0 Å². The molecule has 0 saturated carbocycles. The van der Waals surface area contributed by atoms with Crippen molar-refractivity contribution in [2.75, 3.05) is 19.7 Å². The lowest BCUT2D eigenvalue weighted by molar-refractivity contribution is -0.152. The van der Waals surface area contributed by atoms with Crippen LogP contribution in [0.5, 0.6) is 0 Å². The third kappa shape index (κ3) is 4.82. The Kier molecular flexibility index (Phi) is 6.76. The molecule has 146 valence electrons. The average Bonchev–Trinajstić information content (AvgIpc) is 2.97. The number of aryl methyl sites for hydroxylation is 2. The molecule has 1 aliphatic rings. The summed E-state index contributed by atoms with van der Waals surface area (Å²) < 4.78 is 36.3. The summed E-state index contributed by atoms with van der Waals surface area (Å²) in [5.74, 6) is -0.938. The zero-order valence-corrected chi connectivity index (χ0v) is 16.1. The van der Waals surface area contributed by atoms with Crippen LogP contribution < -0.4 is 4.72 Å². The van der Waals surface area contributed by atoms with Crippen molar-refractivity contribution >= 4 is 21.9 Å². The van der Waals surface area contributed by atoms with E-state index in [2.05, 4.69) is 9.88 Å². The van der Waals surface area contributed by atoms with Gasteiger partial charge < -0.3 is 14.2 Å². The first-order chi connectivity index (χ1) is 12.3. The van der Waals surface area contributed by atoms with Gasteiger partial charge in [0.1, 0.15) is 17.1 Å². The standard InChI is InChI=1S/C16H25N3O6S/c1-4-13-7-5-6-8-19(13)14(20)10-24-15(21)9-17-26(22,23)16-11(2)18-25-12(16)3/h13,17H,4-10H2,1-3H3/t13-/m0/s1. The van der Waals surface area contributed by atoms with Crippen molar-refractivity contribution < 1.29 is 27.3 Å². The minimum atomic E-state index is -3.95. The highest BCUT2D eigenvalue weighted by atomic mass is 32.2. The molecule has 10 heteroatoms. The maximum absolute atomic E-state index is 12.2. The summed E-state index contributed by atoms with van der Waals surface area (Å²) in [6, 6.07) is 0.174. The van der Waals surface area contributed by atoms with Gasteiger partial charge in [-0.05, 0) is 39.5 Å². The lowest BCUT2D eigenvalue weighted by Gasteiger charge is -2.35. The molecule has 0 unspecified atom stereocenters. The Bertz CT molecular complexity index is 739. The van der Waals surface area contributed by atoms with Gasteiger partial charge in [0.2, 0.25) is 10.0 Å². The fourth-order valence-corrected chi connectivity index (χ4v) is 4.41. The number of nitrogens with zero attached hydrogens (tertiary/aromatic N) is 2. The van der Waals surface area contributed by atoms with Crippen molar-refractivity contribution in [3.8, 4) is 0 Å².